The predicted octanol–water partition coefficient (Wildman–Crippen LogP) is 0.655. The number of rotatable bonds is 4. The lowest BCUT2D eigenvalue weighted by molar-refractivity contribution is -0.126. The van der Waals surface area contributed by atoms with Crippen LogP contribution in [0.5, 0.6) is 0 Å². The van der Waals surface area contributed by atoms with Gasteiger partial charge in [0.15, 0.2) is 0 Å². The van der Waals surface area contributed by atoms with E-state index in [2.05, 4.69) is 5.32 Å². The Bertz CT molecular complexity index is 227. The monoisotopic (exact) mass is 214 g/mol. The van der Waals surface area contributed by atoms with Gasteiger partial charge >= 0.3 is 0 Å². The molecule has 0 aromatic rings. The maximum atomic E-state index is 11.9. The Labute approximate surface area is 91.5 Å². The third-order valence-corrected chi connectivity index (χ3v) is 3.22. The molecule has 0 aliphatic carbocycles. The van der Waals surface area contributed by atoms with Crippen molar-refractivity contribution in [3.05, 3.63) is 0 Å². The van der Waals surface area contributed by atoms with E-state index >= 15 is 0 Å². The molecular weight excluding hydrogens is 192 g/mol. The Morgan fingerprint density at radius 3 is 2.73 bits per heavy atom. The number of ether oxygens (including phenoxy) is 1. The van der Waals surface area contributed by atoms with E-state index < -0.39 is 0 Å². The molecule has 1 rings (SSSR count). The summed E-state index contributed by atoms with van der Waals surface area (Å²) in [6, 6.07) is 0. The molecule has 0 aromatic heterocycles. The molecule has 0 spiro atoms. The minimum absolute atomic E-state index is 0.00238. The van der Waals surface area contributed by atoms with Gasteiger partial charge < -0.3 is 15.8 Å². The van der Waals surface area contributed by atoms with Gasteiger partial charge in [-0.05, 0) is 26.7 Å². The van der Waals surface area contributed by atoms with Gasteiger partial charge in [0.1, 0.15) is 0 Å². The van der Waals surface area contributed by atoms with E-state index in [0.29, 0.717) is 13.2 Å². The van der Waals surface area contributed by atoms with Crippen molar-refractivity contribution in [1.82, 2.24) is 5.32 Å². The van der Waals surface area contributed by atoms with Crippen molar-refractivity contribution >= 4 is 5.91 Å². The van der Waals surface area contributed by atoms with Gasteiger partial charge in [-0.3, -0.25) is 4.79 Å². The van der Waals surface area contributed by atoms with Crippen LogP contribution in [0, 0.1) is 5.92 Å². The van der Waals surface area contributed by atoms with Crippen LogP contribution in [0.15, 0.2) is 0 Å². The van der Waals surface area contributed by atoms with Gasteiger partial charge in [-0.25, -0.2) is 0 Å². The Kier molecular flexibility index (Phi) is 4.11. The molecule has 1 saturated heterocycles. The normalized spacial score (nSPS) is 29.9. The van der Waals surface area contributed by atoms with Crippen LogP contribution in [0.4, 0.5) is 0 Å². The number of carbonyl (C=O) groups is 1. The SMILES string of the molecule is CCC(C)(CN)NC(=O)C1COC(C)C1. The van der Waals surface area contributed by atoms with Crippen LogP contribution >= 0.6 is 0 Å². The van der Waals surface area contributed by atoms with Crippen LogP contribution < -0.4 is 11.1 Å². The fourth-order valence-corrected chi connectivity index (χ4v) is 1.68. The molecule has 0 radical (unpaired) electrons. The van der Waals surface area contributed by atoms with E-state index in [4.69, 9.17) is 10.5 Å². The van der Waals surface area contributed by atoms with E-state index in [1.165, 1.54) is 0 Å². The average Bonchev–Trinajstić information content (AvgIpc) is 2.65. The number of hydrogen-bond acceptors (Lipinski definition) is 3. The van der Waals surface area contributed by atoms with Gasteiger partial charge in [0, 0.05) is 12.1 Å². The molecule has 0 saturated carbocycles. The summed E-state index contributed by atoms with van der Waals surface area (Å²) >= 11 is 0. The van der Waals surface area contributed by atoms with E-state index in [9.17, 15) is 4.79 Å². The first-order valence-corrected chi connectivity index (χ1v) is 5.64. The topological polar surface area (TPSA) is 64.3 Å². The zero-order valence-corrected chi connectivity index (χ0v) is 9.88. The van der Waals surface area contributed by atoms with Gasteiger partial charge in [0.25, 0.3) is 0 Å². The minimum atomic E-state index is -0.275. The molecule has 3 unspecified atom stereocenters. The second kappa shape index (κ2) is 4.94. The smallest absolute Gasteiger partial charge is 0.226 e. The van der Waals surface area contributed by atoms with E-state index in [1.807, 2.05) is 20.8 Å². The fourth-order valence-electron chi connectivity index (χ4n) is 1.68. The third-order valence-electron chi connectivity index (χ3n) is 3.22. The lowest BCUT2D eigenvalue weighted by atomic mass is 9.97. The summed E-state index contributed by atoms with van der Waals surface area (Å²) in [4.78, 5) is 11.9. The summed E-state index contributed by atoms with van der Waals surface area (Å²) in [5.74, 6) is 0.0755. The highest BCUT2D eigenvalue weighted by Gasteiger charge is 2.32. The molecule has 1 amide bonds. The molecular formula is C11H22N2O2. The number of nitrogens with one attached hydrogen (secondary N) is 1. The summed E-state index contributed by atoms with van der Waals surface area (Å²) in [6.07, 6.45) is 1.86. The number of nitrogens with two attached hydrogens (primary N) is 1. The third kappa shape index (κ3) is 3.18. The van der Waals surface area contributed by atoms with Crippen LogP contribution in [0.1, 0.15) is 33.6 Å². The van der Waals surface area contributed by atoms with Crippen molar-refractivity contribution in [2.45, 2.75) is 45.3 Å². The largest absolute Gasteiger partial charge is 0.378 e. The van der Waals surface area contributed by atoms with Crippen LogP contribution in [0.25, 0.3) is 0 Å². The molecule has 3 atom stereocenters. The van der Waals surface area contributed by atoms with Gasteiger partial charge in [-0.15, -0.1) is 0 Å². The molecule has 4 nitrogen and oxygen atoms in total. The first-order chi connectivity index (χ1) is 7.00. The molecule has 0 aromatic carbocycles. The lowest BCUT2D eigenvalue weighted by Crippen LogP contribution is -2.52. The number of carbonyl (C=O) groups excluding carboxylic acids is 1. The molecule has 3 N–H and O–H groups in total. The lowest BCUT2D eigenvalue weighted by Gasteiger charge is -2.29. The highest BCUT2D eigenvalue weighted by Crippen LogP contribution is 2.20. The molecule has 1 aliphatic heterocycles. The molecule has 88 valence electrons. The van der Waals surface area contributed by atoms with E-state index in [1.54, 1.807) is 0 Å². The van der Waals surface area contributed by atoms with Gasteiger partial charge in [-0.1, -0.05) is 6.92 Å². The summed E-state index contributed by atoms with van der Waals surface area (Å²) in [5, 5.41) is 3.01. The predicted molar refractivity (Wildman–Crippen MR) is 59.4 cm³/mol. The Hall–Kier alpha value is -0.610. The average molecular weight is 214 g/mol. The summed E-state index contributed by atoms with van der Waals surface area (Å²) < 4.78 is 5.38. The van der Waals surface area contributed by atoms with Gasteiger partial charge in [0.05, 0.1) is 18.6 Å². The summed E-state index contributed by atoms with van der Waals surface area (Å²) in [6.45, 7) is 7.01. The van der Waals surface area contributed by atoms with Crippen molar-refractivity contribution in [3.8, 4) is 0 Å². The second-order valence-corrected chi connectivity index (χ2v) is 4.68. The van der Waals surface area contributed by atoms with Gasteiger partial charge in [-0.2, -0.15) is 0 Å². The fraction of sp³-hybridized carbons (Fsp3) is 0.909. The highest BCUT2D eigenvalue weighted by molar-refractivity contribution is 5.79. The first kappa shape index (κ1) is 12.5. The van der Waals surface area contributed by atoms with Crippen LogP contribution in [-0.2, 0) is 9.53 Å². The second-order valence-electron chi connectivity index (χ2n) is 4.68. The number of hydrogen-bond donors (Lipinski definition) is 2. The Morgan fingerprint density at radius 2 is 2.33 bits per heavy atom. The Balaban J connectivity index is 2.48. The van der Waals surface area contributed by atoms with Crippen molar-refractivity contribution in [1.29, 1.82) is 0 Å². The standard InChI is InChI=1S/C11H22N2O2/c1-4-11(3,7-12)13-10(14)9-5-8(2)15-6-9/h8-9H,4-7,12H2,1-3H3,(H,13,14). The van der Waals surface area contributed by atoms with Crippen molar-refractivity contribution in [2.75, 3.05) is 13.2 Å². The van der Waals surface area contributed by atoms with E-state index in [0.717, 1.165) is 12.8 Å². The van der Waals surface area contributed by atoms with Crippen molar-refractivity contribution in [3.63, 3.8) is 0 Å². The molecule has 15 heavy (non-hydrogen) atoms. The van der Waals surface area contributed by atoms with Crippen LogP contribution in [0.2, 0.25) is 0 Å². The van der Waals surface area contributed by atoms with Crippen LogP contribution in [-0.4, -0.2) is 30.7 Å². The van der Waals surface area contributed by atoms with E-state index in [-0.39, 0.29) is 23.5 Å². The number of amides is 1. The summed E-state index contributed by atoms with van der Waals surface area (Å²) in [5.41, 5.74) is 5.37. The molecule has 1 aliphatic rings. The summed E-state index contributed by atoms with van der Waals surface area (Å²) in [7, 11) is 0. The highest BCUT2D eigenvalue weighted by atomic mass is 16.5. The van der Waals surface area contributed by atoms with Crippen molar-refractivity contribution < 1.29 is 9.53 Å². The first-order valence-electron chi connectivity index (χ1n) is 5.64. The zero-order valence-electron chi connectivity index (χ0n) is 9.88. The minimum Gasteiger partial charge on any atom is -0.378 e. The molecule has 1 heterocycles. The maximum Gasteiger partial charge on any atom is 0.226 e. The molecule has 1 fully saturated rings. The van der Waals surface area contributed by atoms with Gasteiger partial charge in [0.2, 0.25) is 5.91 Å². The van der Waals surface area contributed by atoms with Crippen molar-refractivity contribution in [2.24, 2.45) is 11.7 Å². The molecule has 4 heteroatoms. The maximum absolute atomic E-state index is 11.9. The van der Waals surface area contributed by atoms with Crippen LogP contribution in [0.3, 0.4) is 0 Å². The molecule has 0 bridgehead atoms. The quantitative estimate of drug-likeness (QED) is 0.722. The zero-order chi connectivity index (χ0) is 11.5. The Morgan fingerprint density at radius 1 is 1.67 bits per heavy atom.